The molecule has 3 aromatic rings. The van der Waals surface area contributed by atoms with Crippen molar-refractivity contribution in [3.05, 3.63) is 71.8 Å². The molecule has 172 valence electrons. The minimum absolute atomic E-state index is 0.0930. The lowest BCUT2D eigenvalue weighted by Crippen LogP contribution is -2.16. The van der Waals surface area contributed by atoms with Crippen molar-refractivity contribution in [2.45, 2.75) is 18.7 Å². The Morgan fingerprint density at radius 3 is 2.33 bits per heavy atom. The maximum atomic E-state index is 12.9. The van der Waals surface area contributed by atoms with Crippen LogP contribution >= 0.6 is 0 Å². The molecule has 0 aliphatic heterocycles. The van der Waals surface area contributed by atoms with Gasteiger partial charge in [-0.15, -0.1) is 0 Å². The van der Waals surface area contributed by atoms with Crippen molar-refractivity contribution in [2.75, 3.05) is 22.5 Å². The van der Waals surface area contributed by atoms with Crippen LogP contribution in [-0.2, 0) is 14.8 Å². The number of nitrogens with one attached hydrogen (secondary N) is 3. The lowest BCUT2D eigenvalue weighted by Gasteiger charge is -2.14. The SMILES string of the molecule is COc1ccccc1NS(=O)(=O)c1ccc(O)c(NC(=O)c2ccc(C)c(NC(C)=O)c2)c1. The summed E-state index contributed by atoms with van der Waals surface area (Å²) >= 11 is 0. The van der Waals surface area contributed by atoms with Crippen molar-refractivity contribution in [1.29, 1.82) is 0 Å². The topological polar surface area (TPSA) is 134 Å². The highest BCUT2D eigenvalue weighted by Gasteiger charge is 2.19. The maximum Gasteiger partial charge on any atom is 0.262 e. The van der Waals surface area contributed by atoms with Crippen molar-refractivity contribution in [3.8, 4) is 11.5 Å². The summed E-state index contributed by atoms with van der Waals surface area (Å²) in [5.74, 6) is -0.852. The maximum absolute atomic E-state index is 12.9. The van der Waals surface area contributed by atoms with Gasteiger partial charge in [0.25, 0.3) is 15.9 Å². The van der Waals surface area contributed by atoms with Crippen molar-refractivity contribution in [1.82, 2.24) is 0 Å². The molecule has 2 amide bonds. The van der Waals surface area contributed by atoms with E-state index in [1.165, 1.54) is 32.2 Å². The smallest absolute Gasteiger partial charge is 0.262 e. The van der Waals surface area contributed by atoms with Gasteiger partial charge in [-0.2, -0.15) is 0 Å². The van der Waals surface area contributed by atoms with Gasteiger partial charge in [0.2, 0.25) is 5.91 Å². The van der Waals surface area contributed by atoms with E-state index in [0.717, 1.165) is 11.6 Å². The van der Waals surface area contributed by atoms with Crippen LogP contribution in [0, 0.1) is 6.92 Å². The quantitative estimate of drug-likeness (QED) is 0.390. The van der Waals surface area contributed by atoms with Crippen molar-refractivity contribution < 1.29 is 27.9 Å². The number of amides is 2. The summed E-state index contributed by atoms with van der Waals surface area (Å²) in [6, 6.07) is 14.7. The molecular formula is C23H23N3O6S. The highest BCUT2D eigenvalue weighted by atomic mass is 32.2. The number of anilines is 3. The Morgan fingerprint density at radius 2 is 1.64 bits per heavy atom. The number of hydrogen-bond donors (Lipinski definition) is 4. The minimum Gasteiger partial charge on any atom is -0.506 e. The van der Waals surface area contributed by atoms with Gasteiger partial charge in [-0.3, -0.25) is 14.3 Å². The number of phenolic OH excluding ortho intramolecular Hbond substituents is 1. The van der Waals surface area contributed by atoms with Gasteiger partial charge in [-0.25, -0.2) is 8.42 Å². The zero-order valence-electron chi connectivity index (χ0n) is 18.2. The number of methoxy groups -OCH3 is 1. The van der Waals surface area contributed by atoms with E-state index in [-0.39, 0.29) is 33.5 Å². The van der Waals surface area contributed by atoms with Gasteiger partial charge in [0, 0.05) is 18.2 Å². The molecule has 4 N–H and O–H groups in total. The highest BCUT2D eigenvalue weighted by molar-refractivity contribution is 7.92. The number of carbonyl (C=O) groups is 2. The molecule has 0 fully saturated rings. The second-order valence-electron chi connectivity index (χ2n) is 7.15. The molecule has 33 heavy (non-hydrogen) atoms. The first-order valence-electron chi connectivity index (χ1n) is 9.79. The molecule has 0 atom stereocenters. The number of sulfonamides is 1. The fourth-order valence-corrected chi connectivity index (χ4v) is 4.09. The fourth-order valence-electron chi connectivity index (χ4n) is 3.00. The van der Waals surface area contributed by atoms with Crippen molar-refractivity contribution in [2.24, 2.45) is 0 Å². The van der Waals surface area contributed by atoms with E-state index >= 15 is 0 Å². The first-order valence-corrected chi connectivity index (χ1v) is 11.3. The Labute approximate surface area is 191 Å². The zero-order chi connectivity index (χ0) is 24.2. The van der Waals surface area contributed by atoms with Gasteiger partial charge in [0.1, 0.15) is 11.5 Å². The standard InChI is InChI=1S/C23H23N3O6S/c1-14-8-9-16(12-19(14)24-15(2)27)23(29)25-20-13-17(10-11-21(20)28)33(30,31)26-18-6-4-5-7-22(18)32-3/h4-13,26,28H,1-3H3,(H,24,27)(H,25,29). The van der Waals surface area contributed by atoms with Gasteiger partial charge < -0.3 is 20.5 Å². The van der Waals surface area contributed by atoms with Crippen LogP contribution in [0.25, 0.3) is 0 Å². The molecule has 0 aromatic heterocycles. The molecule has 0 unspecified atom stereocenters. The van der Waals surface area contributed by atoms with Gasteiger partial charge in [0.15, 0.2) is 0 Å². The third-order valence-electron chi connectivity index (χ3n) is 4.69. The summed E-state index contributed by atoms with van der Waals surface area (Å²) in [5, 5.41) is 15.3. The summed E-state index contributed by atoms with van der Waals surface area (Å²) < 4.78 is 33.3. The molecule has 0 aliphatic rings. The average molecular weight is 470 g/mol. The molecule has 0 spiro atoms. The first-order chi connectivity index (χ1) is 15.6. The van der Waals surface area contributed by atoms with Crippen LogP contribution in [-0.4, -0.2) is 32.4 Å². The Balaban J connectivity index is 1.87. The number of aryl methyl sites for hydroxylation is 1. The number of aromatic hydroxyl groups is 1. The Morgan fingerprint density at radius 1 is 0.909 bits per heavy atom. The van der Waals surface area contributed by atoms with E-state index in [9.17, 15) is 23.1 Å². The molecule has 9 nitrogen and oxygen atoms in total. The summed E-state index contributed by atoms with van der Waals surface area (Å²) in [4.78, 5) is 23.9. The van der Waals surface area contributed by atoms with Crippen LogP contribution in [0.4, 0.5) is 17.1 Å². The number of para-hydroxylation sites is 2. The molecule has 10 heteroatoms. The van der Waals surface area contributed by atoms with Gasteiger partial charge >= 0.3 is 0 Å². The minimum atomic E-state index is -4.05. The molecule has 3 rings (SSSR count). The number of benzene rings is 3. The molecule has 0 saturated carbocycles. The fraction of sp³-hybridized carbons (Fsp3) is 0.130. The van der Waals surface area contributed by atoms with E-state index in [4.69, 9.17) is 4.74 Å². The van der Waals surface area contributed by atoms with Crippen LogP contribution in [0.5, 0.6) is 11.5 Å². The molecule has 3 aromatic carbocycles. The predicted molar refractivity (Wildman–Crippen MR) is 125 cm³/mol. The predicted octanol–water partition coefficient (Wildman–Crippen LogP) is 3.72. The van der Waals surface area contributed by atoms with E-state index in [1.807, 2.05) is 0 Å². The lowest BCUT2D eigenvalue weighted by molar-refractivity contribution is -0.114. The monoisotopic (exact) mass is 469 g/mol. The molecule has 0 saturated heterocycles. The summed E-state index contributed by atoms with van der Waals surface area (Å²) in [6.45, 7) is 3.14. The number of ether oxygens (including phenoxy) is 1. The second kappa shape index (κ2) is 9.61. The van der Waals surface area contributed by atoms with Gasteiger partial charge in [-0.05, 0) is 55.0 Å². The molecule has 0 heterocycles. The largest absolute Gasteiger partial charge is 0.506 e. The summed E-state index contributed by atoms with van der Waals surface area (Å²) in [6.07, 6.45) is 0. The normalized spacial score (nSPS) is 10.9. The summed E-state index contributed by atoms with van der Waals surface area (Å²) in [5.41, 5.74) is 1.59. The Bertz CT molecular complexity index is 1320. The Kier molecular flexibility index (Phi) is 6.88. The number of phenols is 1. The lowest BCUT2D eigenvalue weighted by atomic mass is 10.1. The second-order valence-corrected chi connectivity index (χ2v) is 8.83. The van der Waals surface area contributed by atoms with Gasteiger partial charge in [-0.1, -0.05) is 18.2 Å². The Hall–Kier alpha value is -4.05. The first kappa shape index (κ1) is 23.6. The van der Waals surface area contributed by atoms with Crippen LogP contribution in [0.15, 0.2) is 65.6 Å². The molecular weight excluding hydrogens is 446 g/mol. The van der Waals surface area contributed by atoms with Crippen LogP contribution in [0.2, 0.25) is 0 Å². The van der Waals surface area contributed by atoms with Crippen LogP contribution < -0.4 is 20.1 Å². The third-order valence-corrected chi connectivity index (χ3v) is 6.05. The summed E-state index contributed by atoms with van der Waals surface area (Å²) in [7, 11) is -2.63. The number of carbonyl (C=O) groups excluding carboxylic acids is 2. The van der Waals surface area contributed by atoms with E-state index in [1.54, 1.807) is 43.3 Å². The van der Waals surface area contributed by atoms with Crippen molar-refractivity contribution >= 4 is 38.9 Å². The zero-order valence-corrected chi connectivity index (χ0v) is 19.0. The molecule has 0 radical (unpaired) electrons. The van der Waals surface area contributed by atoms with Crippen LogP contribution in [0.3, 0.4) is 0 Å². The van der Waals surface area contributed by atoms with Crippen molar-refractivity contribution in [3.63, 3.8) is 0 Å². The highest BCUT2D eigenvalue weighted by Crippen LogP contribution is 2.30. The average Bonchev–Trinajstić information content (AvgIpc) is 2.76. The van der Waals surface area contributed by atoms with E-state index in [2.05, 4.69) is 15.4 Å². The number of hydrogen-bond acceptors (Lipinski definition) is 6. The van der Waals surface area contributed by atoms with Gasteiger partial charge in [0.05, 0.1) is 23.4 Å². The molecule has 0 aliphatic carbocycles. The molecule has 0 bridgehead atoms. The van der Waals surface area contributed by atoms with Crippen LogP contribution in [0.1, 0.15) is 22.8 Å². The number of rotatable bonds is 7. The third kappa shape index (κ3) is 5.60. The van der Waals surface area contributed by atoms with E-state index in [0.29, 0.717) is 11.4 Å². The van der Waals surface area contributed by atoms with E-state index < -0.39 is 15.9 Å².